The monoisotopic (exact) mass is 369 g/mol. The largest absolute Gasteiger partial charge is 0.359 e. The average molecular weight is 369 g/mol. The van der Waals surface area contributed by atoms with E-state index in [-0.39, 0.29) is 11.9 Å². The molecule has 2 aromatic heterocycles. The number of rotatable bonds is 5. The van der Waals surface area contributed by atoms with Gasteiger partial charge in [0.1, 0.15) is 17.5 Å². The first-order valence-electron chi connectivity index (χ1n) is 9.20. The first-order chi connectivity index (χ1) is 13.1. The molecular formula is C19H24FN7. The van der Waals surface area contributed by atoms with E-state index in [4.69, 9.17) is 4.98 Å². The summed E-state index contributed by atoms with van der Waals surface area (Å²) in [6, 6.07) is 6.81. The Labute approximate surface area is 157 Å². The highest BCUT2D eigenvalue weighted by atomic mass is 19.1. The molecule has 0 radical (unpaired) electrons. The summed E-state index contributed by atoms with van der Waals surface area (Å²) in [7, 11) is 3.95. The molecule has 3 heterocycles. The summed E-state index contributed by atoms with van der Waals surface area (Å²) >= 11 is 0. The van der Waals surface area contributed by atoms with Gasteiger partial charge >= 0.3 is 0 Å². The highest BCUT2D eigenvalue weighted by Crippen LogP contribution is 2.29. The Hall–Kier alpha value is -2.58. The van der Waals surface area contributed by atoms with Crippen LogP contribution in [0.5, 0.6) is 0 Å². The molecule has 8 heteroatoms. The van der Waals surface area contributed by atoms with Crippen molar-refractivity contribution >= 4 is 16.9 Å². The van der Waals surface area contributed by atoms with Gasteiger partial charge in [0, 0.05) is 39.5 Å². The second-order valence-electron chi connectivity index (χ2n) is 7.02. The zero-order valence-corrected chi connectivity index (χ0v) is 15.8. The maximum Gasteiger partial charge on any atom is 0.163 e. The zero-order chi connectivity index (χ0) is 19.0. The topological polar surface area (TPSA) is 70.9 Å². The van der Waals surface area contributed by atoms with Crippen LogP contribution >= 0.6 is 0 Å². The van der Waals surface area contributed by atoms with Gasteiger partial charge in [-0.05, 0) is 17.7 Å². The van der Waals surface area contributed by atoms with Crippen LogP contribution in [-0.4, -0.2) is 39.9 Å². The summed E-state index contributed by atoms with van der Waals surface area (Å²) in [6.45, 7) is 3.68. The number of aromatic nitrogens is 4. The fourth-order valence-electron chi connectivity index (χ4n) is 3.67. The molecule has 2 atom stereocenters. The van der Waals surface area contributed by atoms with Crippen LogP contribution in [-0.2, 0) is 13.5 Å². The number of benzene rings is 1. The van der Waals surface area contributed by atoms with Crippen molar-refractivity contribution in [2.45, 2.75) is 19.4 Å². The molecule has 1 aliphatic rings. The fraction of sp³-hybridized carbons (Fsp3) is 0.421. The minimum atomic E-state index is -0.217. The summed E-state index contributed by atoms with van der Waals surface area (Å²) in [5, 5.41) is 5.30. The van der Waals surface area contributed by atoms with Crippen LogP contribution in [0.4, 0.5) is 10.2 Å². The van der Waals surface area contributed by atoms with Crippen molar-refractivity contribution in [2.75, 3.05) is 25.0 Å². The number of fused-ring (bicyclic) bond motifs is 1. The van der Waals surface area contributed by atoms with Gasteiger partial charge in [-0.15, -0.1) is 0 Å². The standard InChI is InChI=1S/C19H24FN7/c1-4-16-23-18(15-10-22-27(3)19(15)24-16)26(2)11-13-9-21-25-17(13)12-5-7-14(20)8-6-12/h5-8,10,13,17,21,25H,4,9,11H2,1-3H3. The molecule has 0 amide bonds. The number of halogens is 1. The van der Waals surface area contributed by atoms with E-state index in [9.17, 15) is 4.39 Å². The minimum Gasteiger partial charge on any atom is -0.359 e. The first-order valence-corrected chi connectivity index (χ1v) is 9.20. The lowest BCUT2D eigenvalue weighted by molar-refractivity contribution is 0.474. The van der Waals surface area contributed by atoms with Crippen LogP contribution in [0, 0.1) is 11.7 Å². The second kappa shape index (κ2) is 7.21. The van der Waals surface area contributed by atoms with E-state index < -0.39 is 0 Å². The van der Waals surface area contributed by atoms with Gasteiger partial charge in [0.25, 0.3) is 0 Å². The third-order valence-corrected chi connectivity index (χ3v) is 5.13. The Bertz CT molecular complexity index is 937. The van der Waals surface area contributed by atoms with Crippen molar-refractivity contribution in [3.63, 3.8) is 0 Å². The predicted octanol–water partition coefficient (Wildman–Crippen LogP) is 1.97. The number of hydrazine groups is 1. The first kappa shape index (κ1) is 17.8. The predicted molar refractivity (Wildman–Crippen MR) is 103 cm³/mol. The van der Waals surface area contributed by atoms with Gasteiger partial charge in [0.05, 0.1) is 17.6 Å². The van der Waals surface area contributed by atoms with Crippen LogP contribution < -0.4 is 15.8 Å². The number of anilines is 1. The van der Waals surface area contributed by atoms with Gasteiger partial charge in [-0.3, -0.25) is 10.1 Å². The molecule has 0 aliphatic carbocycles. The van der Waals surface area contributed by atoms with Gasteiger partial charge in [-0.1, -0.05) is 19.1 Å². The SMILES string of the molecule is CCc1nc(N(C)CC2CNNC2c2ccc(F)cc2)c2cnn(C)c2n1. The second-order valence-corrected chi connectivity index (χ2v) is 7.02. The van der Waals surface area contributed by atoms with Gasteiger partial charge in [-0.2, -0.15) is 5.10 Å². The highest BCUT2D eigenvalue weighted by molar-refractivity contribution is 5.86. The molecule has 2 N–H and O–H groups in total. The Morgan fingerprint density at radius 1 is 1.26 bits per heavy atom. The molecule has 7 nitrogen and oxygen atoms in total. The molecule has 0 saturated carbocycles. The lowest BCUT2D eigenvalue weighted by Crippen LogP contribution is -2.31. The quantitative estimate of drug-likeness (QED) is 0.717. The summed E-state index contributed by atoms with van der Waals surface area (Å²) in [4.78, 5) is 11.5. The molecule has 0 bridgehead atoms. The molecule has 1 fully saturated rings. The van der Waals surface area contributed by atoms with Crippen molar-refractivity contribution in [1.29, 1.82) is 0 Å². The Morgan fingerprint density at radius 2 is 2.04 bits per heavy atom. The third kappa shape index (κ3) is 3.38. The van der Waals surface area contributed by atoms with Crippen molar-refractivity contribution in [2.24, 2.45) is 13.0 Å². The maximum absolute atomic E-state index is 13.3. The molecule has 1 aromatic carbocycles. The minimum absolute atomic E-state index is 0.116. The third-order valence-electron chi connectivity index (χ3n) is 5.13. The van der Waals surface area contributed by atoms with Crippen molar-refractivity contribution in [3.8, 4) is 0 Å². The Morgan fingerprint density at radius 3 is 2.78 bits per heavy atom. The maximum atomic E-state index is 13.3. The van der Waals surface area contributed by atoms with Gasteiger partial charge in [0.2, 0.25) is 0 Å². The van der Waals surface area contributed by atoms with E-state index in [0.717, 1.165) is 47.7 Å². The molecule has 142 valence electrons. The number of hydrogen-bond donors (Lipinski definition) is 2. The Kier molecular flexibility index (Phi) is 4.75. The van der Waals surface area contributed by atoms with Gasteiger partial charge < -0.3 is 4.90 Å². The molecule has 4 rings (SSSR count). The van der Waals surface area contributed by atoms with Gasteiger partial charge in [-0.25, -0.2) is 19.8 Å². The van der Waals surface area contributed by atoms with Crippen molar-refractivity contribution in [3.05, 3.63) is 47.7 Å². The summed E-state index contributed by atoms with van der Waals surface area (Å²) in [5.74, 6) is 1.80. The lowest BCUT2D eigenvalue weighted by Gasteiger charge is -2.26. The highest BCUT2D eigenvalue weighted by Gasteiger charge is 2.30. The molecule has 27 heavy (non-hydrogen) atoms. The van der Waals surface area contributed by atoms with Crippen molar-refractivity contribution < 1.29 is 4.39 Å². The fourth-order valence-corrected chi connectivity index (χ4v) is 3.67. The van der Waals surface area contributed by atoms with E-state index in [0.29, 0.717) is 5.92 Å². The van der Waals surface area contributed by atoms with E-state index >= 15 is 0 Å². The summed E-state index contributed by atoms with van der Waals surface area (Å²) < 4.78 is 15.0. The van der Waals surface area contributed by atoms with Crippen LogP contribution in [0.1, 0.15) is 24.4 Å². The van der Waals surface area contributed by atoms with E-state index in [1.165, 1.54) is 12.1 Å². The van der Waals surface area contributed by atoms with E-state index in [1.807, 2.05) is 32.4 Å². The number of hydrogen-bond acceptors (Lipinski definition) is 6. The van der Waals surface area contributed by atoms with Crippen LogP contribution in [0.25, 0.3) is 11.0 Å². The molecule has 1 saturated heterocycles. The van der Waals surface area contributed by atoms with E-state index in [1.54, 1.807) is 4.68 Å². The summed E-state index contributed by atoms with van der Waals surface area (Å²) in [6.07, 6.45) is 2.59. The lowest BCUT2D eigenvalue weighted by atomic mass is 9.94. The zero-order valence-electron chi connectivity index (χ0n) is 15.8. The average Bonchev–Trinajstić information content (AvgIpc) is 3.28. The number of nitrogens with zero attached hydrogens (tertiary/aromatic N) is 5. The summed E-state index contributed by atoms with van der Waals surface area (Å²) in [5.41, 5.74) is 8.47. The number of nitrogens with one attached hydrogen (secondary N) is 2. The smallest absolute Gasteiger partial charge is 0.163 e. The molecular weight excluding hydrogens is 345 g/mol. The van der Waals surface area contributed by atoms with Gasteiger partial charge in [0.15, 0.2) is 5.65 Å². The van der Waals surface area contributed by atoms with E-state index in [2.05, 4.69) is 32.8 Å². The van der Waals surface area contributed by atoms with Crippen LogP contribution in [0.15, 0.2) is 30.5 Å². The van der Waals surface area contributed by atoms with Crippen LogP contribution in [0.2, 0.25) is 0 Å². The number of aryl methyl sites for hydroxylation is 2. The Balaban J connectivity index is 1.61. The molecule has 2 unspecified atom stereocenters. The van der Waals surface area contributed by atoms with Crippen LogP contribution in [0.3, 0.4) is 0 Å². The molecule has 3 aromatic rings. The molecule has 0 spiro atoms. The van der Waals surface area contributed by atoms with Crippen molar-refractivity contribution in [1.82, 2.24) is 30.6 Å². The normalized spacial score (nSPS) is 19.7. The molecule has 1 aliphatic heterocycles.